The van der Waals surface area contributed by atoms with Gasteiger partial charge in [-0.2, -0.15) is 0 Å². The highest BCUT2D eigenvalue weighted by molar-refractivity contribution is 5.65. The molecule has 2 atom stereocenters. The van der Waals surface area contributed by atoms with Gasteiger partial charge in [-0.15, -0.1) is 0 Å². The largest absolute Gasteiger partial charge is 0.465 e. The molecule has 15 heavy (non-hydrogen) atoms. The number of amides is 1. The van der Waals surface area contributed by atoms with E-state index in [-0.39, 0.29) is 10.8 Å². The van der Waals surface area contributed by atoms with Gasteiger partial charge < -0.3 is 15.3 Å². The lowest BCUT2D eigenvalue weighted by Gasteiger charge is -2.54. The first kappa shape index (κ1) is 10.7. The van der Waals surface area contributed by atoms with E-state index in [1.165, 1.54) is 0 Å². The molecule has 2 fully saturated rings. The Labute approximate surface area is 90.6 Å². The van der Waals surface area contributed by atoms with Gasteiger partial charge in [-0.1, -0.05) is 20.8 Å². The normalized spacial score (nSPS) is 35.7. The summed E-state index contributed by atoms with van der Waals surface area (Å²) in [6.07, 6.45) is 0.236. The summed E-state index contributed by atoms with van der Waals surface area (Å²) in [5, 5.41) is 12.4. The summed E-state index contributed by atoms with van der Waals surface area (Å²) in [5.74, 6) is 0. The number of hydrogen-bond donors (Lipinski definition) is 2. The number of rotatable bonds is 0. The molecular weight excluding hydrogens is 192 g/mol. The predicted octanol–water partition coefficient (Wildman–Crippen LogP) is 1.37. The SMILES string of the molecule is CC(C)(C)[C@@H]1NC[C@]12CCN(C(=O)O)C2. The van der Waals surface area contributed by atoms with Gasteiger partial charge in [-0.3, -0.25) is 0 Å². The average Bonchev–Trinajstić information content (AvgIpc) is 2.44. The van der Waals surface area contributed by atoms with E-state index in [4.69, 9.17) is 5.11 Å². The molecule has 2 heterocycles. The van der Waals surface area contributed by atoms with E-state index >= 15 is 0 Å². The molecule has 2 rings (SSSR count). The van der Waals surface area contributed by atoms with E-state index in [9.17, 15) is 4.79 Å². The maximum absolute atomic E-state index is 10.9. The molecule has 1 spiro atoms. The average molecular weight is 212 g/mol. The number of nitrogens with one attached hydrogen (secondary N) is 1. The molecular formula is C11H20N2O2. The van der Waals surface area contributed by atoms with Crippen molar-refractivity contribution in [3.05, 3.63) is 0 Å². The Kier molecular flexibility index (Phi) is 2.23. The van der Waals surface area contributed by atoms with Crippen molar-refractivity contribution >= 4 is 6.09 Å². The third-order valence-electron chi connectivity index (χ3n) is 3.79. The highest BCUT2D eigenvalue weighted by Crippen LogP contribution is 2.46. The first-order chi connectivity index (χ1) is 6.85. The molecule has 1 amide bonds. The van der Waals surface area contributed by atoms with Gasteiger partial charge in [0.05, 0.1) is 0 Å². The Balaban J connectivity index is 2.08. The molecule has 4 heteroatoms. The van der Waals surface area contributed by atoms with Crippen molar-refractivity contribution < 1.29 is 9.90 Å². The second-order valence-electron chi connectivity index (χ2n) is 6.00. The molecule has 0 bridgehead atoms. The lowest BCUT2D eigenvalue weighted by Crippen LogP contribution is -2.68. The summed E-state index contributed by atoms with van der Waals surface area (Å²) in [6, 6.07) is 0.453. The van der Waals surface area contributed by atoms with E-state index in [1.807, 2.05) is 0 Å². The van der Waals surface area contributed by atoms with Crippen LogP contribution >= 0.6 is 0 Å². The monoisotopic (exact) mass is 212 g/mol. The molecule has 2 aliphatic heterocycles. The third-order valence-corrected chi connectivity index (χ3v) is 3.79. The van der Waals surface area contributed by atoms with Gasteiger partial charge in [0, 0.05) is 31.1 Å². The Morgan fingerprint density at radius 2 is 2.20 bits per heavy atom. The Morgan fingerprint density at radius 1 is 1.53 bits per heavy atom. The van der Waals surface area contributed by atoms with E-state index in [1.54, 1.807) is 4.90 Å². The maximum Gasteiger partial charge on any atom is 0.407 e. The molecule has 0 saturated carbocycles. The van der Waals surface area contributed by atoms with Crippen molar-refractivity contribution in [3.63, 3.8) is 0 Å². The summed E-state index contributed by atoms with van der Waals surface area (Å²) in [4.78, 5) is 12.4. The highest BCUT2D eigenvalue weighted by Gasteiger charge is 2.55. The quantitative estimate of drug-likeness (QED) is 0.637. The zero-order chi connectivity index (χ0) is 11.3. The van der Waals surface area contributed by atoms with Crippen LogP contribution in [0.2, 0.25) is 0 Å². The molecule has 0 radical (unpaired) electrons. The van der Waals surface area contributed by atoms with Crippen LogP contribution in [-0.4, -0.2) is 41.8 Å². The first-order valence-corrected chi connectivity index (χ1v) is 5.56. The number of likely N-dealkylation sites (tertiary alicyclic amines) is 1. The minimum Gasteiger partial charge on any atom is -0.465 e. The molecule has 4 nitrogen and oxygen atoms in total. The molecule has 0 aliphatic carbocycles. The van der Waals surface area contributed by atoms with Crippen LogP contribution in [0.1, 0.15) is 27.2 Å². The Bertz CT molecular complexity index is 285. The van der Waals surface area contributed by atoms with E-state index < -0.39 is 6.09 Å². The topological polar surface area (TPSA) is 52.6 Å². The van der Waals surface area contributed by atoms with Crippen molar-refractivity contribution in [2.75, 3.05) is 19.6 Å². The smallest absolute Gasteiger partial charge is 0.407 e. The second kappa shape index (κ2) is 3.11. The Hall–Kier alpha value is -0.770. The van der Waals surface area contributed by atoms with Crippen LogP contribution < -0.4 is 5.32 Å². The minimum atomic E-state index is -0.772. The molecule has 2 saturated heterocycles. The molecule has 2 N–H and O–H groups in total. The van der Waals surface area contributed by atoms with Crippen molar-refractivity contribution in [1.29, 1.82) is 0 Å². The van der Waals surface area contributed by atoms with Gasteiger partial charge in [0.25, 0.3) is 0 Å². The van der Waals surface area contributed by atoms with E-state index in [0.717, 1.165) is 13.0 Å². The summed E-state index contributed by atoms with van der Waals surface area (Å²) in [7, 11) is 0. The first-order valence-electron chi connectivity index (χ1n) is 5.56. The molecule has 0 aromatic heterocycles. The van der Waals surface area contributed by atoms with Crippen LogP contribution in [0.5, 0.6) is 0 Å². The summed E-state index contributed by atoms with van der Waals surface area (Å²) >= 11 is 0. The van der Waals surface area contributed by atoms with Crippen molar-refractivity contribution in [3.8, 4) is 0 Å². The van der Waals surface area contributed by atoms with Crippen molar-refractivity contribution in [1.82, 2.24) is 10.2 Å². The zero-order valence-electron chi connectivity index (χ0n) is 9.71. The fraction of sp³-hybridized carbons (Fsp3) is 0.909. The molecule has 86 valence electrons. The van der Waals surface area contributed by atoms with Crippen LogP contribution in [0, 0.1) is 10.8 Å². The zero-order valence-corrected chi connectivity index (χ0v) is 9.71. The van der Waals surface area contributed by atoms with Crippen LogP contribution in [0.25, 0.3) is 0 Å². The number of hydrogen-bond acceptors (Lipinski definition) is 2. The molecule has 0 unspecified atom stereocenters. The van der Waals surface area contributed by atoms with Gasteiger partial charge in [0.2, 0.25) is 0 Å². The molecule has 0 aromatic carbocycles. The number of carbonyl (C=O) groups is 1. The van der Waals surface area contributed by atoms with Crippen LogP contribution in [0.15, 0.2) is 0 Å². The van der Waals surface area contributed by atoms with Crippen LogP contribution in [0.4, 0.5) is 4.79 Å². The molecule has 0 aromatic rings. The standard InChI is InChI=1S/C11H20N2O2/c1-10(2,3)8-11(6-12-8)4-5-13(7-11)9(14)15/h8,12H,4-7H2,1-3H3,(H,14,15)/t8-,11-/m0/s1. The van der Waals surface area contributed by atoms with E-state index in [0.29, 0.717) is 19.1 Å². The van der Waals surface area contributed by atoms with Gasteiger partial charge in [-0.25, -0.2) is 4.79 Å². The van der Waals surface area contributed by atoms with Gasteiger partial charge in [-0.05, 0) is 11.8 Å². The van der Waals surface area contributed by atoms with Gasteiger partial charge in [0.15, 0.2) is 0 Å². The lowest BCUT2D eigenvalue weighted by atomic mass is 9.63. The van der Waals surface area contributed by atoms with Crippen LogP contribution in [-0.2, 0) is 0 Å². The fourth-order valence-electron chi connectivity index (χ4n) is 3.16. The predicted molar refractivity (Wildman–Crippen MR) is 57.9 cm³/mol. The minimum absolute atomic E-state index is 0.205. The van der Waals surface area contributed by atoms with Gasteiger partial charge in [0.1, 0.15) is 0 Å². The molecule has 2 aliphatic rings. The van der Waals surface area contributed by atoms with Crippen molar-refractivity contribution in [2.45, 2.75) is 33.2 Å². The summed E-state index contributed by atoms with van der Waals surface area (Å²) in [5.41, 5.74) is 0.420. The third kappa shape index (κ3) is 1.61. The van der Waals surface area contributed by atoms with E-state index in [2.05, 4.69) is 26.1 Å². The van der Waals surface area contributed by atoms with Gasteiger partial charge >= 0.3 is 6.09 Å². The Morgan fingerprint density at radius 3 is 2.53 bits per heavy atom. The van der Waals surface area contributed by atoms with Crippen molar-refractivity contribution in [2.24, 2.45) is 10.8 Å². The second-order valence-corrected chi connectivity index (χ2v) is 6.00. The number of carboxylic acid groups (broad SMARTS) is 1. The van der Waals surface area contributed by atoms with Crippen LogP contribution in [0.3, 0.4) is 0 Å². The summed E-state index contributed by atoms with van der Waals surface area (Å²) < 4.78 is 0. The summed E-state index contributed by atoms with van der Waals surface area (Å²) in [6.45, 7) is 9.03. The number of nitrogens with zero attached hydrogens (tertiary/aromatic N) is 1. The maximum atomic E-state index is 10.9. The highest BCUT2D eigenvalue weighted by atomic mass is 16.4. The lowest BCUT2D eigenvalue weighted by molar-refractivity contribution is 0.0152. The fourth-order valence-corrected chi connectivity index (χ4v) is 3.16.